The van der Waals surface area contributed by atoms with E-state index in [1.54, 1.807) is 0 Å². The molecule has 0 N–H and O–H groups in total. The van der Waals surface area contributed by atoms with Crippen molar-refractivity contribution in [3.05, 3.63) is 58.9 Å². The molecule has 3 aromatic rings. The van der Waals surface area contributed by atoms with Crippen LogP contribution >= 0.6 is 11.6 Å². The summed E-state index contributed by atoms with van der Waals surface area (Å²) >= 11 is 6.18. The number of halogens is 1. The van der Waals surface area contributed by atoms with Crippen LogP contribution in [0.15, 0.2) is 47.0 Å². The quantitative estimate of drug-likeness (QED) is 0.627. The summed E-state index contributed by atoms with van der Waals surface area (Å²) in [5.74, 6) is 2.78. The number of aromatic nitrogens is 2. The van der Waals surface area contributed by atoms with Crippen molar-refractivity contribution in [1.82, 2.24) is 15.0 Å². The average molecular weight is 426 g/mol. The van der Waals surface area contributed by atoms with Crippen LogP contribution in [0.1, 0.15) is 30.2 Å². The molecule has 7 nitrogen and oxygen atoms in total. The van der Waals surface area contributed by atoms with E-state index in [0.717, 1.165) is 29.7 Å². The Balaban J connectivity index is 1.21. The zero-order chi connectivity index (χ0) is 20.5. The molecule has 1 fully saturated rings. The lowest BCUT2D eigenvalue weighted by Crippen LogP contribution is -2.38. The number of rotatable bonds is 4. The second-order valence-corrected chi connectivity index (χ2v) is 7.85. The molecule has 8 heteroatoms. The summed E-state index contributed by atoms with van der Waals surface area (Å²) in [4.78, 5) is 19.1. The van der Waals surface area contributed by atoms with E-state index in [1.807, 2.05) is 47.4 Å². The predicted molar refractivity (Wildman–Crippen MR) is 110 cm³/mol. The molecule has 0 atom stereocenters. The minimum Gasteiger partial charge on any atom is -0.454 e. The summed E-state index contributed by atoms with van der Waals surface area (Å²) in [6, 6.07) is 13.0. The van der Waals surface area contributed by atoms with Crippen molar-refractivity contribution in [2.24, 2.45) is 0 Å². The summed E-state index contributed by atoms with van der Waals surface area (Å²) in [7, 11) is 0. The van der Waals surface area contributed by atoms with Crippen LogP contribution in [-0.4, -0.2) is 40.8 Å². The molecule has 0 spiro atoms. The zero-order valence-electron chi connectivity index (χ0n) is 16.2. The number of likely N-dealkylation sites (tertiary alicyclic amines) is 1. The Kier molecular flexibility index (Phi) is 5.04. The van der Waals surface area contributed by atoms with Gasteiger partial charge >= 0.3 is 0 Å². The van der Waals surface area contributed by atoms with Crippen molar-refractivity contribution in [2.75, 3.05) is 19.9 Å². The van der Waals surface area contributed by atoms with E-state index in [0.29, 0.717) is 42.0 Å². The van der Waals surface area contributed by atoms with Crippen molar-refractivity contribution in [2.45, 2.75) is 25.2 Å². The van der Waals surface area contributed by atoms with Gasteiger partial charge in [0, 0.05) is 29.6 Å². The van der Waals surface area contributed by atoms with Crippen LogP contribution < -0.4 is 9.47 Å². The van der Waals surface area contributed by atoms with E-state index in [9.17, 15) is 4.79 Å². The first-order valence-corrected chi connectivity index (χ1v) is 10.3. The Morgan fingerprint density at radius 3 is 2.73 bits per heavy atom. The summed E-state index contributed by atoms with van der Waals surface area (Å²) in [6.07, 6.45) is 1.90. The molecule has 154 valence electrons. The maximum absolute atomic E-state index is 12.6. The Morgan fingerprint density at radius 1 is 1.10 bits per heavy atom. The molecular weight excluding hydrogens is 406 g/mol. The maximum atomic E-state index is 12.6. The van der Waals surface area contributed by atoms with Gasteiger partial charge in [-0.25, -0.2) is 0 Å². The first kappa shape index (κ1) is 18.9. The second kappa shape index (κ2) is 7.99. The number of ether oxygens (including phenoxy) is 2. The number of hydrogen-bond acceptors (Lipinski definition) is 6. The van der Waals surface area contributed by atoms with E-state index in [1.165, 1.54) is 0 Å². The van der Waals surface area contributed by atoms with Gasteiger partial charge in [0.15, 0.2) is 11.5 Å². The molecule has 0 radical (unpaired) electrons. The zero-order valence-corrected chi connectivity index (χ0v) is 17.0. The van der Waals surface area contributed by atoms with Crippen LogP contribution in [0.3, 0.4) is 0 Å². The van der Waals surface area contributed by atoms with Gasteiger partial charge in [0.1, 0.15) is 0 Å². The fourth-order valence-corrected chi connectivity index (χ4v) is 4.05. The second-order valence-electron chi connectivity index (χ2n) is 7.45. The highest BCUT2D eigenvalue weighted by atomic mass is 35.5. The van der Waals surface area contributed by atoms with E-state index in [4.69, 9.17) is 25.6 Å². The number of benzene rings is 2. The van der Waals surface area contributed by atoms with Crippen molar-refractivity contribution >= 4 is 17.5 Å². The fraction of sp³-hybridized carbons (Fsp3) is 0.318. The van der Waals surface area contributed by atoms with Gasteiger partial charge in [0.2, 0.25) is 24.4 Å². The Bertz CT molecular complexity index is 1080. The lowest BCUT2D eigenvalue weighted by atomic mass is 9.96. The SMILES string of the molecule is O=C(Cc1ccccc1Cl)N1CCC(c2nc(-c3ccc4c(c3)OCO4)no2)CC1. The lowest BCUT2D eigenvalue weighted by Gasteiger charge is -2.30. The average Bonchev–Trinajstić information content (AvgIpc) is 3.44. The van der Waals surface area contributed by atoms with Gasteiger partial charge in [0.05, 0.1) is 6.42 Å². The number of carbonyl (C=O) groups is 1. The number of carbonyl (C=O) groups excluding carboxylic acids is 1. The Labute approximate surface area is 178 Å². The van der Waals surface area contributed by atoms with E-state index in [-0.39, 0.29) is 18.6 Å². The van der Waals surface area contributed by atoms with E-state index in [2.05, 4.69) is 10.1 Å². The molecular formula is C22H20ClN3O4. The molecule has 2 aromatic carbocycles. The van der Waals surface area contributed by atoms with Crippen molar-refractivity contribution in [3.8, 4) is 22.9 Å². The van der Waals surface area contributed by atoms with Crippen molar-refractivity contribution < 1.29 is 18.8 Å². The molecule has 30 heavy (non-hydrogen) atoms. The molecule has 0 aliphatic carbocycles. The van der Waals surface area contributed by atoms with Gasteiger partial charge < -0.3 is 18.9 Å². The first-order chi connectivity index (χ1) is 14.7. The molecule has 0 saturated carbocycles. The summed E-state index contributed by atoms with van der Waals surface area (Å²) in [5.41, 5.74) is 1.68. The summed E-state index contributed by atoms with van der Waals surface area (Å²) in [6.45, 7) is 1.55. The largest absolute Gasteiger partial charge is 0.454 e. The third-order valence-electron chi connectivity index (χ3n) is 5.57. The molecule has 2 aliphatic heterocycles. The standard InChI is InChI=1S/C22H20ClN3O4/c23-17-4-2-1-3-15(17)12-20(27)26-9-7-14(8-10-26)22-24-21(25-30-22)16-5-6-18-19(11-16)29-13-28-18/h1-6,11,14H,7-10,12-13H2. The van der Waals surface area contributed by atoms with Gasteiger partial charge in [-0.15, -0.1) is 0 Å². The molecule has 1 saturated heterocycles. The monoisotopic (exact) mass is 425 g/mol. The summed E-state index contributed by atoms with van der Waals surface area (Å²) < 4.78 is 16.3. The molecule has 0 unspecified atom stereocenters. The fourth-order valence-electron chi connectivity index (χ4n) is 3.85. The first-order valence-electron chi connectivity index (χ1n) is 9.92. The number of piperidine rings is 1. The smallest absolute Gasteiger partial charge is 0.231 e. The summed E-state index contributed by atoms with van der Waals surface area (Å²) in [5, 5.41) is 4.76. The molecule has 1 amide bonds. The number of amides is 1. The minimum atomic E-state index is 0.0909. The van der Waals surface area contributed by atoms with Gasteiger partial charge in [-0.2, -0.15) is 4.98 Å². The molecule has 1 aromatic heterocycles. The third-order valence-corrected chi connectivity index (χ3v) is 5.94. The van der Waals surface area contributed by atoms with Crippen LogP contribution in [0.2, 0.25) is 5.02 Å². The Morgan fingerprint density at radius 2 is 1.90 bits per heavy atom. The third kappa shape index (κ3) is 3.73. The topological polar surface area (TPSA) is 77.7 Å². The molecule has 3 heterocycles. The van der Waals surface area contributed by atoms with Crippen LogP contribution in [0.25, 0.3) is 11.4 Å². The molecule has 5 rings (SSSR count). The van der Waals surface area contributed by atoms with Crippen LogP contribution in [-0.2, 0) is 11.2 Å². The van der Waals surface area contributed by atoms with Gasteiger partial charge in [-0.1, -0.05) is 35.0 Å². The van der Waals surface area contributed by atoms with Crippen LogP contribution in [0.5, 0.6) is 11.5 Å². The number of hydrogen-bond donors (Lipinski definition) is 0. The molecule has 2 aliphatic rings. The maximum Gasteiger partial charge on any atom is 0.231 e. The lowest BCUT2D eigenvalue weighted by molar-refractivity contribution is -0.131. The Hall–Kier alpha value is -3.06. The van der Waals surface area contributed by atoms with Gasteiger partial charge in [0.25, 0.3) is 0 Å². The minimum absolute atomic E-state index is 0.0909. The molecule has 0 bridgehead atoms. The van der Waals surface area contributed by atoms with Gasteiger partial charge in [-0.3, -0.25) is 4.79 Å². The van der Waals surface area contributed by atoms with Crippen LogP contribution in [0.4, 0.5) is 0 Å². The number of nitrogens with zero attached hydrogens (tertiary/aromatic N) is 3. The number of fused-ring (bicyclic) bond motifs is 1. The van der Waals surface area contributed by atoms with E-state index >= 15 is 0 Å². The highest BCUT2D eigenvalue weighted by Crippen LogP contribution is 2.36. The predicted octanol–water partition coefficient (Wildman–Crippen LogP) is 4.07. The normalized spacial score (nSPS) is 16.1. The highest BCUT2D eigenvalue weighted by molar-refractivity contribution is 6.31. The van der Waals surface area contributed by atoms with Crippen molar-refractivity contribution in [1.29, 1.82) is 0 Å². The highest BCUT2D eigenvalue weighted by Gasteiger charge is 2.28. The van der Waals surface area contributed by atoms with Gasteiger partial charge in [-0.05, 0) is 42.7 Å². The van der Waals surface area contributed by atoms with Crippen molar-refractivity contribution in [3.63, 3.8) is 0 Å². The van der Waals surface area contributed by atoms with E-state index < -0.39 is 0 Å². The van der Waals surface area contributed by atoms with Crippen LogP contribution in [0, 0.1) is 0 Å².